The van der Waals surface area contributed by atoms with Gasteiger partial charge in [-0.1, -0.05) is 18.2 Å². The Kier molecular flexibility index (Phi) is 7.38. The molecule has 1 amide bonds. The van der Waals surface area contributed by atoms with E-state index in [2.05, 4.69) is 0 Å². The second-order valence-electron chi connectivity index (χ2n) is 5.62. The molecule has 1 aromatic carbocycles. The van der Waals surface area contributed by atoms with Crippen molar-refractivity contribution >= 4 is 15.7 Å². The summed E-state index contributed by atoms with van der Waals surface area (Å²) in [4.78, 5) is 14.3. The number of sulfone groups is 1. The van der Waals surface area contributed by atoms with Crippen LogP contribution < -0.4 is 0 Å². The highest BCUT2D eigenvalue weighted by atomic mass is 32.2. The monoisotopic (exact) mass is 381 g/mol. The van der Waals surface area contributed by atoms with Crippen molar-refractivity contribution in [1.82, 2.24) is 4.90 Å². The summed E-state index contributed by atoms with van der Waals surface area (Å²) in [6, 6.07) is 11.1. The number of carbonyl (C=O) groups excluding carboxylic acids is 1. The molecule has 1 aromatic heterocycles. The van der Waals surface area contributed by atoms with Crippen LogP contribution in [-0.4, -0.2) is 59.7 Å². The van der Waals surface area contributed by atoms with Crippen molar-refractivity contribution in [2.45, 2.75) is 10.6 Å². The first-order valence-corrected chi connectivity index (χ1v) is 9.77. The van der Waals surface area contributed by atoms with Crippen molar-refractivity contribution < 1.29 is 27.1 Å². The molecule has 2 rings (SSSR count). The number of furan rings is 1. The SMILES string of the molecule is COCCN(CCOC)C(=O)c1ccc(CS(=O)(=O)c2ccccc2)o1. The zero-order valence-electron chi connectivity index (χ0n) is 14.9. The zero-order chi connectivity index (χ0) is 19.0. The van der Waals surface area contributed by atoms with E-state index in [4.69, 9.17) is 13.9 Å². The third-order valence-corrected chi connectivity index (χ3v) is 5.38. The number of hydrogen-bond acceptors (Lipinski definition) is 6. The number of methoxy groups -OCH3 is 2. The maximum atomic E-state index is 12.6. The van der Waals surface area contributed by atoms with E-state index >= 15 is 0 Å². The maximum absolute atomic E-state index is 12.6. The van der Waals surface area contributed by atoms with E-state index < -0.39 is 9.84 Å². The number of amides is 1. The lowest BCUT2D eigenvalue weighted by molar-refractivity contribution is 0.0596. The van der Waals surface area contributed by atoms with E-state index in [1.807, 2.05) is 0 Å². The van der Waals surface area contributed by atoms with Crippen molar-refractivity contribution in [3.63, 3.8) is 0 Å². The summed E-state index contributed by atoms with van der Waals surface area (Å²) in [5.74, 6) is -0.325. The molecule has 1 heterocycles. The van der Waals surface area contributed by atoms with Gasteiger partial charge in [-0.2, -0.15) is 0 Å². The van der Waals surface area contributed by atoms with Gasteiger partial charge in [-0.05, 0) is 24.3 Å². The van der Waals surface area contributed by atoms with Crippen LogP contribution in [0.15, 0.2) is 51.8 Å². The third-order valence-electron chi connectivity index (χ3n) is 3.72. The van der Waals surface area contributed by atoms with Gasteiger partial charge >= 0.3 is 0 Å². The van der Waals surface area contributed by atoms with Crippen molar-refractivity contribution in [2.75, 3.05) is 40.5 Å². The summed E-state index contributed by atoms with van der Waals surface area (Å²) in [7, 11) is -0.425. The molecule has 0 saturated carbocycles. The van der Waals surface area contributed by atoms with Gasteiger partial charge < -0.3 is 18.8 Å². The number of hydrogen-bond donors (Lipinski definition) is 0. The minimum Gasteiger partial charge on any atom is -0.455 e. The number of nitrogens with zero attached hydrogens (tertiary/aromatic N) is 1. The largest absolute Gasteiger partial charge is 0.455 e. The Morgan fingerprint density at radius 3 is 2.19 bits per heavy atom. The molecule has 0 saturated heterocycles. The second kappa shape index (κ2) is 9.51. The topological polar surface area (TPSA) is 86.0 Å². The molecule has 0 spiro atoms. The van der Waals surface area contributed by atoms with Crippen LogP contribution in [-0.2, 0) is 25.1 Å². The van der Waals surface area contributed by atoms with Gasteiger partial charge in [-0.15, -0.1) is 0 Å². The Hall–Kier alpha value is -2.16. The van der Waals surface area contributed by atoms with Crippen LogP contribution in [0.3, 0.4) is 0 Å². The van der Waals surface area contributed by atoms with Crippen LogP contribution in [0.2, 0.25) is 0 Å². The van der Waals surface area contributed by atoms with E-state index in [9.17, 15) is 13.2 Å². The standard InChI is InChI=1S/C18H23NO6S/c1-23-12-10-19(11-13-24-2)18(20)17-9-8-15(25-17)14-26(21,22)16-6-4-3-5-7-16/h3-9H,10-14H2,1-2H3. The molecule has 142 valence electrons. The molecule has 0 N–H and O–H groups in total. The third kappa shape index (κ3) is 5.42. The van der Waals surface area contributed by atoms with Crippen LogP contribution >= 0.6 is 0 Å². The van der Waals surface area contributed by atoms with Crippen LogP contribution in [0, 0.1) is 0 Å². The molecule has 0 fully saturated rings. The maximum Gasteiger partial charge on any atom is 0.289 e. The summed E-state index contributed by atoms with van der Waals surface area (Å²) in [5, 5.41) is 0. The smallest absolute Gasteiger partial charge is 0.289 e. The van der Waals surface area contributed by atoms with Gasteiger partial charge in [-0.3, -0.25) is 4.79 Å². The molecule has 0 aliphatic heterocycles. The summed E-state index contributed by atoms with van der Waals surface area (Å²) < 4.78 is 40.3. The molecule has 7 nitrogen and oxygen atoms in total. The summed E-state index contributed by atoms with van der Waals surface area (Å²) in [6.07, 6.45) is 0. The fourth-order valence-electron chi connectivity index (χ4n) is 2.34. The number of ether oxygens (including phenoxy) is 2. The highest BCUT2D eigenvalue weighted by molar-refractivity contribution is 7.90. The van der Waals surface area contributed by atoms with Crippen molar-refractivity contribution in [3.05, 3.63) is 54.0 Å². The van der Waals surface area contributed by atoms with Gasteiger partial charge in [0.2, 0.25) is 0 Å². The van der Waals surface area contributed by atoms with E-state index in [1.165, 1.54) is 24.3 Å². The molecule has 0 unspecified atom stereocenters. The molecule has 0 radical (unpaired) electrons. The van der Waals surface area contributed by atoms with Crippen molar-refractivity contribution in [1.29, 1.82) is 0 Å². The number of benzene rings is 1. The lowest BCUT2D eigenvalue weighted by atomic mass is 10.3. The summed E-state index contributed by atoms with van der Waals surface area (Å²) in [6.45, 7) is 1.53. The Morgan fingerprint density at radius 2 is 1.62 bits per heavy atom. The number of carbonyl (C=O) groups is 1. The Morgan fingerprint density at radius 1 is 1.00 bits per heavy atom. The lowest BCUT2D eigenvalue weighted by Crippen LogP contribution is -2.36. The highest BCUT2D eigenvalue weighted by Gasteiger charge is 2.22. The van der Waals surface area contributed by atoms with E-state index in [-0.39, 0.29) is 28.1 Å². The quantitative estimate of drug-likeness (QED) is 0.626. The number of rotatable bonds is 10. The average molecular weight is 381 g/mol. The minimum atomic E-state index is -3.53. The average Bonchev–Trinajstić information content (AvgIpc) is 3.10. The van der Waals surface area contributed by atoms with E-state index in [0.717, 1.165) is 0 Å². The van der Waals surface area contributed by atoms with E-state index in [1.54, 1.807) is 37.3 Å². The van der Waals surface area contributed by atoms with Crippen LogP contribution in [0.4, 0.5) is 0 Å². The van der Waals surface area contributed by atoms with Crippen LogP contribution in [0.1, 0.15) is 16.3 Å². The van der Waals surface area contributed by atoms with Crippen LogP contribution in [0.5, 0.6) is 0 Å². The van der Waals surface area contributed by atoms with Gasteiger partial charge in [0.05, 0.1) is 18.1 Å². The first-order chi connectivity index (χ1) is 12.5. The molecular weight excluding hydrogens is 358 g/mol. The molecular formula is C18H23NO6S. The molecule has 0 aliphatic rings. The lowest BCUT2D eigenvalue weighted by Gasteiger charge is -2.20. The summed E-state index contributed by atoms with van der Waals surface area (Å²) in [5.41, 5.74) is 0. The normalized spacial score (nSPS) is 11.5. The van der Waals surface area contributed by atoms with E-state index in [0.29, 0.717) is 26.3 Å². The first kappa shape index (κ1) is 20.2. The van der Waals surface area contributed by atoms with Gasteiger partial charge in [-0.25, -0.2) is 8.42 Å². The molecule has 0 aliphatic carbocycles. The summed E-state index contributed by atoms with van der Waals surface area (Å²) >= 11 is 0. The Balaban J connectivity index is 2.11. The van der Waals surface area contributed by atoms with Gasteiger partial charge in [0, 0.05) is 27.3 Å². The van der Waals surface area contributed by atoms with Crippen molar-refractivity contribution in [2.24, 2.45) is 0 Å². The predicted octanol–water partition coefficient (Wildman–Crippen LogP) is 1.99. The second-order valence-corrected chi connectivity index (χ2v) is 7.61. The predicted molar refractivity (Wildman–Crippen MR) is 95.7 cm³/mol. The Bertz CT molecular complexity index is 792. The van der Waals surface area contributed by atoms with Crippen LogP contribution in [0.25, 0.3) is 0 Å². The molecule has 0 bridgehead atoms. The molecule has 2 aromatic rings. The highest BCUT2D eigenvalue weighted by Crippen LogP contribution is 2.19. The molecule has 26 heavy (non-hydrogen) atoms. The van der Waals surface area contributed by atoms with Gasteiger partial charge in [0.25, 0.3) is 5.91 Å². The molecule has 0 atom stereocenters. The fourth-order valence-corrected chi connectivity index (χ4v) is 3.61. The van der Waals surface area contributed by atoms with Gasteiger partial charge in [0.15, 0.2) is 15.6 Å². The zero-order valence-corrected chi connectivity index (χ0v) is 15.7. The van der Waals surface area contributed by atoms with Crippen molar-refractivity contribution in [3.8, 4) is 0 Å². The first-order valence-electron chi connectivity index (χ1n) is 8.11. The Labute approximate surface area is 153 Å². The van der Waals surface area contributed by atoms with Gasteiger partial charge in [0.1, 0.15) is 11.5 Å². The minimum absolute atomic E-state index is 0.0930. The fraction of sp³-hybridized carbons (Fsp3) is 0.389. The molecule has 8 heteroatoms.